The third-order valence-electron chi connectivity index (χ3n) is 3.59. The lowest BCUT2D eigenvalue weighted by Gasteiger charge is -2.18. The number of para-hydroxylation sites is 1. The van der Waals surface area contributed by atoms with Gasteiger partial charge in [0.2, 0.25) is 0 Å². The summed E-state index contributed by atoms with van der Waals surface area (Å²) in [5, 5.41) is 11.6. The van der Waals surface area contributed by atoms with Crippen molar-refractivity contribution in [2.24, 2.45) is 11.7 Å². The molecule has 1 heterocycles. The predicted octanol–water partition coefficient (Wildman–Crippen LogP) is 1.17. The third kappa shape index (κ3) is 2.44. The van der Waals surface area contributed by atoms with E-state index in [9.17, 15) is 0 Å². The number of ether oxygens (including phenoxy) is 1. The van der Waals surface area contributed by atoms with Crippen molar-refractivity contribution in [2.45, 2.75) is 25.4 Å². The summed E-state index contributed by atoms with van der Waals surface area (Å²) in [6, 6.07) is 10.2. The van der Waals surface area contributed by atoms with Crippen LogP contribution in [-0.4, -0.2) is 32.9 Å². The first-order valence-electron chi connectivity index (χ1n) is 6.59. The van der Waals surface area contributed by atoms with E-state index in [1.54, 1.807) is 4.68 Å². The van der Waals surface area contributed by atoms with Crippen molar-refractivity contribution in [1.82, 2.24) is 20.2 Å². The van der Waals surface area contributed by atoms with Crippen LogP contribution in [0.15, 0.2) is 30.3 Å². The van der Waals surface area contributed by atoms with Gasteiger partial charge in [-0.1, -0.05) is 23.3 Å². The molecule has 0 amide bonds. The highest BCUT2D eigenvalue weighted by Gasteiger charge is 2.29. The van der Waals surface area contributed by atoms with E-state index in [-0.39, 0.29) is 6.10 Å². The van der Waals surface area contributed by atoms with Crippen molar-refractivity contribution >= 4 is 0 Å². The zero-order valence-electron chi connectivity index (χ0n) is 10.6. The first kappa shape index (κ1) is 12.1. The Bertz CT molecular complexity index is 527. The Kier molecular flexibility index (Phi) is 3.41. The second-order valence-electron chi connectivity index (χ2n) is 4.79. The van der Waals surface area contributed by atoms with Gasteiger partial charge in [-0.05, 0) is 48.4 Å². The highest BCUT2D eigenvalue weighted by Crippen LogP contribution is 2.28. The van der Waals surface area contributed by atoms with Gasteiger partial charge in [0.25, 0.3) is 0 Å². The maximum Gasteiger partial charge on any atom is 0.340 e. The molecule has 3 rings (SSSR count). The van der Waals surface area contributed by atoms with Crippen LogP contribution in [0.1, 0.15) is 19.3 Å². The van der Waals surface area contributed by atoms with Gasteiger partial charge >= 0.3 is 6.01 Å². The summed E-state index contributed by atoms with van der Waals surface area (Å²) in [5.74, 6) is 0.404. The van der Waals surface area contributed by atoms with Crippen LogP contribution in [0.25, 0.3) is 5.69 Å². The van der Waals surface area contributed by atoms with Crippen LogP contribution in [0, 0.1) is 5.92 Å². The van der Waals surface area contributed by atoms with Gasteiger partial charge in [0.1, 0.15) is 6.10 Å². The fourth-order valence-corrected chi connectivity index (χ4v) is 2.55. The van der Waals surface area contributed by atoms with E-state index in [1.165, 1.54) is 0 Å². The molecule has 100 valence electrons. The Labute approximate surface area is 111 Å². The average molecular weight is 259 g/mol. The topological polar surface area (TPSA) is 78.8 Å². The molecule has 2 N–H and O–H groups in total. The van der Waals surface area contributed by atoms with Crippen LogP contribution < -0.4 is 10.5 Å². The summed E-state index contributed by atoms with van der Waals surface area (Å²) < 4.78 is 7.57. The van der Waals surface area contributed by atoms with E-state index in [1.807, 2.05) is 30.3 Å². The predicted molar refractivity (Wildman–Crippen MR) is 70.0 cm³/mol. The zero-order valence-corrected chi connectivity index (χ0v) is 10.6. The maximum absolute atomic E-state index is 5.95. The number of benzene rings is 1. The minimum Gasteiger partial charge on any atom is -0.459 e. The van der Waals surface area contributed by atoms with Crippen molar-refractivity contribution in [3.63, 3.8) is 0 Å². The molecule has 1 aromatic carbocycles. The lowest BCUT2D eigenvalue weighted by Crippen LogP contribution is -2.28. The second-order valence-corrected chi connectivity index (χ2v) is 4.79. The highest BCUT2D eigenvalue weighted by molar-refractivity contribution is 5.31. The second kappa shape index (κ2) is 5.36. The number of tetrazole rings is 1. The quantitative estimate of drug-likeness (QED) is 0.891. The molecule has 6 heteroatoms. The Morgan fingerprint density at radius 1 is 1.26 bits per heavy atom. The molecular weight excluding hydrogens is 242 g/mol. The summed E-state index contributed by atoms with van der Waals surface area (Å²) in [6.45, 7) is 0.650. The third-order valence-corrected chi connectivity index (χ3v) is 3.59. The number of rotatable bonds is 4. The molecule has 6 nitrogen and oxygen atoms in total. The molecule has 0 radical (unpaired) electrons. The molecule has 19 heavy (non-hydrogen) atoms. The van der Waals surface area contributed by atoms with Crippen LogP contribution in [0.2, 0.25) is 0 Å². The fourth-order valence-electron chi connectivity index (χ4n) is 2.55. The number of hydrogen-bond donors (Lipinski definition) is 1. The molecule has 0 saturated heterocycles. The van der Waals surface area contributed by atoms with Crippen molar-refractivity contribution < 1.29 is 4.74 Å². The van der Waals surface area contributed by atoms with Gasteiger partial charge in [-0.3, -0.25) is 0 Å². The van der Waals surface area contributed by atoms with Crippen LogP contribution in [-0.2, 0) is 0 Å². The minimum absolute atomic E-state index is 0.124. The van der Waals surface area contributed by atoms with E-state index in [2.05, 4.69) is 15.5 Å². The number of aromatic nitrogens is 4. The normalized spacial score (nSPS) is 22.6. The molecule has 1 fully saturated rings. The van der Waals surface area contributed by atoms with Crippen LogP contribution in [0.3, 0.4) is 0 Å². The highest BCUT2D eigenvalue weighted by atomic mass is 16.5. The van der Waals surface area contributed by atoms with Crippen LogP contribution in [0.4, 0.5) is 0 Å². The van der Waals surface area contributed by atoms with Crippen molar-refractivity contribution in [3.8, 4) is 11.7 Å². The smallest absolute Gasteiger partial charge is 0.340 e. The zero-order chi connectivity index (χ0) is 13.1. The van der Waals surface area contributed by atoms with Crippen LogP contribution in [0.5, 0.6) is 6.01 Å². The summed E-state index contributed by atoms with van der Waals surface area (Å²) in [4.78, 5) is 0. The van der Waals surface area contributed by atoms with Crippen molar-refractivity contribution in [3.05, 3.63) is 30.3 Å². The summed E-state index contributed by atoms with van der Waals surface area (Å²) >= 11 is 0. The number of nitrogens with two attached hydrogens (primary N) is 1. The Morgan fingerprint density at radius 2 is 2.11 bits per heavy atom. The largest absolute Gasteiger partial charge is 0.459 e. The van der Waals surface area contributed by atoms with Gasteiger partial charge in [-0.2, -0.15) is 4.68 Å². The fraction of sp³-hybridized carbons (Fsp3) is 0.462. The molecule has 1 aliphatic carbocycles. The van der Waals surface area contributed by atoms with E-state index < -0.39 is 0 Å². The molecule has 2 unspecified atom stereocenters. The molecule has 0 aliphatic heterocycles. The van der Waals surface area contributed by atoms with E-state index in [0.29, 0.717) is 18.5 Å². The van der Waals surface area contributed by atoms with E-state index in [0.717, 1.165) is 24.9 Å². The van der Waals surface area contributed by atoms with Crippen molar-refractivity contribution in [1.29, 1.82) is 0 Å². The Balaban J connectivity index is 1.81. The molecule has 2 atom stereocenters. The van der Waals surface area contributed by atoms with Gasteiger partial charge in [-0.25, -0.2) is 0 Å². The SMILES string of the molecule is NCC1CCCC1Oc1nnnn1-c1ccccc1. The van der Waals surface area contributed by atoms with Crippen molar-refractivity contribution in [2.75, 3.05) is 6.54 Å². The van der Waals surface area contributed by atoms with Crippen LogP contribution >= 0.6 is 0 Å². The van der Waals surface area contributed by atoms with Gasteiger partial charge < -0.3 is 10.5 Å². The molecular formula is C13H17N5O. The lowest BCUT2D eigenvalue weighted by molar-refractivity contribution is 0.144. The molecule has 1 aliphatic rings. The summed E-state index contributed by atoms with van der Waals surface area (Å²) in [7, 11) is 0. The standard InChI is InChI=1S/C13H17N5O/c14-9-10-5-4-8-12(10)19-13-15-16-17-18(13)11-6-2-1-3-7-11/h1-3,6-7,10,12H,4-5,8-9,14H2. The Morgan fingerprint density at radius 3 is 2.89 bits per heavy atom. The molecule has 0 bridgehead atoms. The van der Waals surface area contributed by atoms with Gasteiger partial charge in [0, 0.05) is 5.92 Å². The first-order chi connectivity index (χ1) is 9.38. The average Bonchev–Trinajstić information content (AvgIpc) is 3.09. The molecule has 2 aromatic rings. The molecule has 0 spiro atoms. The molecule has 1 saturated carbocycles. The van der Waals surface area contributed by atoms with Gasteiger partial charge in [0.15, 0.2) is 0 Å². The monoisotopic (exact) mass is 259 g/mol. The maximum atomic E-state index is 5.95. The van der Waals surface area contributed by atoms with E-state index in [4.69, 9.17) is 10.5 Å². The van der Waals surface area contributed by atoms with Gasteiger partial charge in [0.05, 0.1) is 5.69 Å². The van der Waals surface area contributed by atoms with Gasteiger partial charge in [-0.15, -0.1) is 0 Å². The molecule has 1 aromatic heterocycles. The number of hydrogen-bond acceptors (Lipinski definition) is 5. The number of nitrogens with zero attached hydrogens (tertiary/aromatic N) is 4. The summed E-state index contributed by atoms with van der Waals surface area (Å²) in [6.07, 6.45) is 3.41. The lowest BCUT2D eigenvalue weighted by atomic mass is 10.1. The minimum atomic E-state index is 0.124. The summed E-state index contributed by atoms with van der Waals surface area (Å²) in [5.41, 5.74) is 6.66. The first-order valence-corrected chi connectivity index (χ1v) is 6.59. The Hall–Kier alpha value is -1.95. The van der Waals surface area contributed by atoms with E-state index >= 15 is 0 Å².